The molecule has 1 aromatic rings. The molecule has 0 spiro atoms. The third-order valence-corrected chi connectivity index (χ3v) is 1.71. The van der Waals surface area contributed by atoms with Crippen LogP contribution in [0, 0.1) is 6.92 Å². The van der Waals surface area contributed by atoms with E-state index in [1.807, 2.05) is 6.92 Å². The van der Waals surface area contributed by atoms with Crippen molar-refractivity contribution in [3.63, 3.8) is 0 Å². The molecule has 0 saturated carbocycles. The molecule has 72 valence electrons. The SMILES string of the molecule is Cc1ccc(CC(F)(F)CN)nc1. The minimum atomic E-state index is -2.84. The molecule has 0 fully saturated rings. The second-order valence-electron chi connectivity index (χ2n) is 3.06. The topological polar surface area (TPSA) is 38.9 Å². The zero-order valence-corrected chi connectivity index (χ0v) is 7.43. The van der Waals surface area contributed by atoms with Gasteiger partial charge >= 0.3 is 0 Å². The summed E-state index contributed by atoms with van der Waals surface area (Å²) in [6.07, 6.45) is 1.19. The molecule has 1 rings (SSSR count). The highest BCUT2D eigenvalue weighted by Crippen LogP contribution is 2.17. The van der Waals surface area contributed by atoms with Crippen molar-refractivity contribution >= 4 is 0 Å². The van der Waals surface area contributed by atoms with Crippen LogP contribution >= 0.6 is 0 Å². The first-order valence-electron chi connectivity index (χ1n) is 4.03. The fourth-order valence-electron chi connectivity index (χ4n) is 0.940. The van der Waals surface area contributed by atoms with Gasteiger partial charge in [-0.2, -0.15) is 0 Å². The molecule has 13 heavy (non-hydrogen) atoms. The number of halogens is 2. The first-order valence-corrected chi connectivity index (χ1v) is 4.03. The van der Waals surface area contributed by atoms with E-state index in [-0.39, 0.29) is 6.42 Å². The smallest absolute Gasteiger partial charge is 0.265 e. The molecule has 0 aliphatic rings. The van der Waals surface area contributed by atoms with Gasteiger partial charge in [-0.15, -0.1) is 0 Å². The largest absolute Gasteiger partial charge is 0.325 e. The van der Waals surface area contributed by atoms with Gasteiger partial charge in [-0.1, -0.05) is 6.07 Å². The van der Waals surface area contributed by atoms with Crippen LogP contribution in [-0.2, 0) is 6.42 Å². The molecule has 0 aliphatic carbocycles. The number of rotatable bonds is 3. The van der Waals surface area contributed by atoms with E-state index in [0.29, 0.717) is 5.69 Å². The highest BCUT2D eigenvalue weighted by atomic mass is 19.3. The van der Waals surface area contributed by atoms with Gasteiger partial charge in [0.05, 0.1) is 13.0 Å². The minimum Gasteiger partial charge on any atom is -0.325 e. The number of nitrogens with two attached hydrogens (primary N) is 1. The average molecular weight is 186 g/mol. The lowest BCUT2D eigenvalue weighted by Gasteiger charge is -2.12. The molecule has 0 aliphatic heterocycles. The molecule has 0 bridgehead atoms. The maximum atomic E-state index is 12.8. The standard InChI is InChI=1S/C9H12F2N2/c1-7-2-3-8(13-5-7)4-9(10,11)6-12/h2-3,5H,4,6,12H2,1H3. The number of aromatic nitrogens is 1. The predicted octanol–water partition coefficient (Wildman–Crippen LogP) is 1.53. The van der Waals surface area contributed by atoms with E-state index in [9.17, 15) is 8.78 Å². The molecular weight excluding hydrogens is 174 g/mol. The van der Waals surface area contributed by atoms with Crippen molar-refractivity contribution in [2.24, 2.45) is 5.73 Å². The van der Waals surface area contributed by atoms with E-state index in [1.165, 1.54) is 0 Å². The number of hydrogen-bond donors (Lipinski definition) is 1. The molecule has 0 atom stereocenters. The molecule has 2 nitrogen and oxygen atoms in total. The van der Waals surface area contributed by atoms with Crippen LogP contribution < -0.4 is 5.73 Å². The van der Waals surface area contributed by atoms with Crippen molar-refractivity contribution in [3.05, 3.63) is 29.6 Å². The zero-order chi connectivity index (χ0) is 9.90. The van der Waals surface area contributed by atoms with Crippen LogP contribution in [0.1, 0.15) is 11.3 Å². The Balaban J connectivity index is 2.69. The van der Waals surface area contributed by atoms with Gasteiger partial charge in [0.1, 0.15) is 0 Å². The van der Waals surface area contributed by atoms with Gasteiger partial charge in [0.2, 0.25) is 0 Å². The van der Waals surface area contributed by atoms with Crippen LogP contribution in [0.5, 0.6) is 0 Å². The van der Waals surface area contributed by atoms with Gasteiger partial charge in [0.15, 0.2) is 0 Å². The fraction of sp³-hybridized carbons (Fsp3) is 0.444. The maximum absolute atomic E-state index is 12.8. The lowest BCUT2D eigenvalue weighted by molar-refractivity contribution is 0.0105. The highest BCUT2D eigenvalue weighted by molar-refractivity contribution is 5.13. The summed E-state index contributed by atoms with van der Waals surface area (Å²) in [7, 11) is 0. The van der Waals surface area contributed by atoms with Crippen LogP contribution in [0.2, 0.25) is 0 Å². The summed E-state index contributed by atoms with van der Waals surface area (Å²) < 4.78 is 25.5. The lowest BCUT2D eigenvalue weighted by Crippen LogP contribution is -2.30. The Kier molecular flexibility index (Phi) is 2.93. The first kappa shape index (κ1) is 10.1. The monoisotopic (exact) mass is 186 g/mol. The Hall–Kier alpha value is -1.03. The minimum absolute atomic E-state index is 0.376. The molecule has 0 saturated heterocycles. The van der Waals surface area contributed by atoms with Crippen LogP contribution in [0.4, 0.5) is 8.78 Å². The quantitative estimate of drug-likeness (QED) is 0.777. The van der Waals surface area contributed by atoms with E-state index < -0.39 is 12.5 Å². The van der Waals surface area contributed by atoms with Crippen molar-refractivity contribution in [2.45, 2.75) is 19.3 Å². The van der Waals surface area contributed by atoms with E-state index in [2.05, 4.69) is 4.98 Å². The molecule has 0 unspecified atom stereocenters. The van der Waals surface area contributed by atoms with Gasteiger partial charge in [-0.25, -0.2) is 8.78 Å². The molecule has 2 N–H and O–H groups in total. The Morgan fingerprint density at radius 3 is 2.62 bits per heavy atom. The fourth-order valence-corrected chi connectivity index (χ4v) is 0.940. The summed E-state index contributed by atoms with van der Waals surface area (Å²) >= 11 is 0. The summed E-state index contributed by atoms with van der Waals surface area (Å²) in [5, 5.41) is 0. The second-order valence-corrected chi connectivity index (χ2v) is 3.06. The average Bonchev–Trinajstić information content (AvgIpc) is 2.09. The zero-order valence-electron chi connectivity index (χ0n) is 7.43. The number of alkyl halides is 2. The molecular formula is C9H12F2N2. The van der Waals surface area contributed by atoms with Crippen LogP contribution in [0.3, 0.4) is 0 Å². The Labute approximate surface area is 75.8 Å². The van der Waals surface area contributed by atoms with Crippen LogP contribution in [0.15, 0.2) is 18.3 Å². The first-order chi connectivity index (χ1) is 6.03. The maximum Gasteiger partial charge on any atom is 0.265 e. The summed E-state index contributed by atoms with van der Waals surface area (Å²) in [6.45, 7) is 1.22. The van der Waals surface area contributed by atoms with E-state index >= 15 is 0 Å². The summed E-state index contributed by atoms with van der Waals surface area (Å²) in [5.41, 5.74) is 6.24. The van der Waals surface area contributed by atoms with Gasteiger partial charge in [0, 0.05) is 11.9 Å². The number of hydrogen-bond acceptors (Lipinski definition) is 2. The number of nitrogens with zero attached hydrogens (tertiary/aromatic N) is 1. The third kappa shape index (κ3) is 3.06. The van der Waals surface area contributed by atoms with Crippen molar-refractivity contribution in [1.82, 2.24) is 4.98 Å². The second kappa shape index (κ2) is 3.79. The third-order valence-electron chi connectivity index (χ3n) is 1.71. The molecule has 0 amide bonds. The van der Waals surface area contributed by atoms with Gasteiger partial charge < -0.3 is 5.73 Å². The van der Waals surface area contributed by atoms with Crippen LogP contribution in [-0.4, -0.2) is 17.5 Å². The molecule has 0 radical (unpaired) electrons. The van der Waals surface area contributed by atoms with Crippen molar-refractivity contribution in [3.8, 4) is 0 Å². The molecule has 1 heterocycles. The Bertz CT molecular complexity index is 269. The summed E-state index contributed by atoms with van der Waals surface area (Å²) in [6, 6.07) is 3.35. The van der Waals surface area contributed by atoms with E-state index in [4.69, 9.17) is 5.73 Å². The molecule has 0 aromatic carbocycles. The van der Waals surface area contributed by atoms with Gasteiger partial charge in [-0.3, -0.25) is 4.98 Å². The molecule has 1 aromatic heterocycles. The Morgan fingerprint density at radius 1 is 1.46 bits per heavy atom. The molecule has 4 heteroatoms. The van der Waals surface area contributed by atoms with Gasteiger partial charge in [0.25, 0.3) is 5.92 Å². The Morgan fingerprint density at radius 2 is 2.15 bits per heavy atom. The van der Waals surface area contributed by atoms with E-state index in [0.717, 1.165) is 5.56 Å². The normalized spacial score (nSPS) is 11.7. The van der Waals surface area contributed by atoms with Crippen molar-refractivity contribution in [1.29, 1.82) is 0 Å². The van der Waals surface area contributed by atoms with Crippen LogP contribution in [0.25, 0.3) is 0 Å². The van der Waals surface area contributed by atoms with Crippen molar-refractivity contribution < 1.29 is 8.78 Å². The highest BCUT2D eigenvalue weighted by Gasteiger charge is 2.27. The summed E-state index contributed by atoms with van der Waals surface area (Å²) in [4.78, 5) is 3.88. The number of aryl methyl sites for hydroxylation is 1. The van der Waals surface area contributed by atoms with Gasteiger partial charge in [-0.05, 0) is 18.6 Å². The predicted molar refractivity (Wildman–Crippen MR) is 46.7 cm³/mol. The van der Waals surface area contributed by atoms with Crippen molar-refractivity contribution in [2.75, 3.05) is 6.54 Å². The summed E-state index contributed by atoms with van der Waals surface area (Å²) in [5.74, 6) is -2.84. The number of pyridine rings is 1. The van der Waals surface area contributed by atoms with E-state index in [1.54, 1.807) is 18.3 Å². The lowest BCUT2D eigenvalue weighted by atomic mass is 10.1.